The van der Waals surface area contributed by atoms with Gasteiger partial charge in [-0.3, -0.25) is 5.10 Å². The molecule has 1 N–H and O–H groups in total. The largest absolute Gasteiger partial charge is 0.487 e. The van der Waals surface area contributed by atoms with Gasteiger partial charge in [0.2, 0.25) is 0 Å². The second-order valence-electron chi connectivity index (χ2n) is 14.6. The molecule has 2 unspecified atom stereocenters. The highest BCUT2D eigenvalue weighted by atomic mass is 35.5. The third-order valence-corrected chi connectivity index (χ3v) is 10.3. The summed E-state index contributed by atoms with van der Waals surface area (Å²) in [6.07, 6.45) is 6.71. The lowest BCUT2D eigenvalue weighted by Crippen LogP contribution is -2.50. The zero-order valence-electron chi connectivity index (χ0n) is 27.7. The number of carbonyl (C=O) groups is 1. The van der Waals surface area contributed by atoms with Crippen LogP contribution in [-0.4, -0.2) is 99.2 Å². The lowest BCUT2D eigenvalue weighted by atomic mass is 9.94. The summed E-state index contributed by atoms with van der Waals surface area (Å²) in [6.45, 7) is 10.5. The highest BCUT2D eigenvalue weighted by Crippen LogP contribution is 2.49. The molecule has 3 aliphatic heterocycles. The quantitative estimate of drug-likeness (QED) is 0.243. The first-order chi connectivity index (χ1) is 22.5. The first-order valence-corrected chi connectivity index (χ1v) is 17.1. The van der Waals surface area contributed by atoms with E-state index in [1.807, 2.05) is 44.0 Å². The lowest BCUT2D eigenvalue weighted by Gasteiger charge is -2.36. The Morgan fingerprint density at radius 2 is 1.91 bits per heavy atom. The highest BCUT2D eigenvalue weighted by Gasteiger charge is 2.48. The number of halogens is 1. The number of rotatable bonds is 7. The molecule has 4 aromatic rings. The predicted molar refractivity (Wildman–Crippen MR) is 182 cm³/mol. The SMILES string of the molecule is Cc1ccc2[nH]ncc2c1-c1c(Cl)cc2c(N3CC4CC3CN4C(=O)OC(C)(C)C)nc(OC[C@@H]3CCCN3C)nc2c1OC1CC1. The maximum absolute atomic E-state index is 13.1. The summed E-state index contributed by atoms with van der Waals surface area (Å²) in [5.74, 6) is 1.41. The maximum Gasteiger partial charge on any atom is 0.410 e. The molecule has 4 fully saturated rings. The molecule has 0 spiro atoms. The first kappa shape index (κ1) is 30.5. The second kappa shape index (κ2) is 11.4. The molecule has 1 aliphatic carbocycles. The van der Waals surface area contributed by atoms with Crippen molar-refractivity contribution in [2.75, 3.05) is 38.2 Å². The number of anilines is 1. The number of likely N-dealkylation sites (tertiary alicyclic amines) is 2. The molecule has 3 atom stereocenters. The zero-order chi connectivity index (χ0) is 32.6. The van der Waals surface area contributed by atoms with Gasteiger partial charge >= 0.3 is 12.1 Å². The van der Waals surface area contributed by atoms with E-state index in [0.29, 0.717) is 48.0 Å². The van der Waals surface area contributed by atoms with Crippen LogP contribution in [0, 0.1) is 6.92 Å². The Balaban J connectivity index is 1.25. The molecular weight excluding hydrogens is 618 g/mol. The van der Waals surface area contributed by atoms with Gasteiger partial charge in [0.05, 0.1) is 34.9 Å². The van der Waals surface area contributed by atoms with Crippen LogP contribution in [0.15, 0.2) is 24.4 Å². The minimum Gasteiger partial charge on any atom is -0.487 e. The van der Waals surface area contributed by atoms with Crippen molar-refractivity contribution >= 4 is 45.3 Å². The smallest absolute Gasteiger partial charge is 0.410 e. The van der Waals surface area contributed by atoms with Crippen LogP contribution in [0.3, 0.4) is 0 Å². The van der Waals surface area contributed by atoms with Gasteiger partial charge in [-0.15, -0.1) is 0 Å². The Hall–Kier alpha value is -3.83. The Kier molecular flexibility index (Phi) is 7.40. The van der Waals surface area contributed by atoms with Gasteiger partial charge in [0.15, 0.2) is 5.75 Å². The molecule has 4 aliphatic rings. The number of ether oxygens (including phenoxy) is 3. The van der Waals surface area contributed by atoms with Crippen LogP contribution in [-0.2, 0) is 4.74 Å². The fourth-order valence-corrected chi connectivity index (χ4v) is 7.73. The standard InChI is InChI=1S/C35H42ClN7O4/c1-19-8-11-27-25(15-37-40-27)28(19)29-26(36)14-24-30(31(29)46-23-9-10-23)38-33(45-18-20-7-6-12-41(20)5)39-32(24)42-16-22-13-21(42)17-43(22)34(44)47-35(2,3)4/h8,11,14-15,20-23H,6-7,9-10,12-13,16-18H2,1-5H3,(H,37,40)/t20-,21?,22?/m0/s1. The number of aromatic nitrogens is 4. The number of nitrogens with one attached hydrogen (secondary N) is 1. The molecular formula is C35H42ClN7O4. The summed E-state index contributed by atoms with van der Waals surface area (Å²) in [6, 6.07) is 6.83. The number of aromatic amines is 1. The topological polar surface area (TPSA) is 109 Å². The van der Waals surface area contributed by atoms with Crippen molar-refractivity contribution < 1.29 is 19.0 Å². The number of hydrogen-bond donors (Lipinski definition) is 1. The van der Waals surface area contributed by atoms with E-state index in [0.717, 1.165) is 77.4 Å². The predicted octanol–water partition coefficient (Wildman–Crippen LogP) is 6.35. The number of aryl methyl sites for hydroxylation is 1. The van der Waals surface area contributed by atoms with Crippen LogP contribution in [0.4, 0.5) is 10.6 Å². The Morgan fingerprint density at radius 1 is 1.09 bits per heavy atom. The average molecular weight is 660 g/mol. The van der Waals surface area contributed by atoms with Crippen molar-refractivity contribution in [3.8, 4) is 22.9 Å². The van der Waals surface area contributed by atoms with E-state index in [-0.39, 0.29) is 24.3 Å². The van der Waals surface area contributed by atoms with Gasteiger partial charge < -0.3 is 28.9 Å². The van der Waals surface area contributed by atoms with Gasteiger partial charge in [0.25, 0.3) is 0 Å². The molecule has 248 valence electrons. The number of fused-ring (bicyclic) bond motifs is 4. The molecule has 12 heteroatoms. The summed E-state index contributed by atoms with van der Waals surface area (Å²) in [5, 5.41) is 9.78. The van der Waals surface area contributed by atoms with Crippen LogP contribution in [0.1, 0.15) is 58.4 Å². The van der Waals surface area contributed by atoms with Crippen molar-refractivity contribution in [1.29, 1.82) is 0 Å². The number of benzene rings is 2. The van der Waals surface area contributed by atoms with Gasteiger partial charge in [-0.25, -0.2) is 4.79 Å². The maximum atomic E-state index is 13.1. The summed E-state index contributed by atoms with van der Waals surface area (Å²) < 4.78 is 18.9. The second-order valence-corrected chi connectivity index (χ2v) is 15.0. The number of nitrogens with zero attached hydrogens (tertiary/aromatic N) is 6. The molecule has 47 heavy (non-hydrogen) atoms. The van der Waals surface area contributed by atoms with Crippen LogP contribution in [0.2, 0.25) is 5.02 Å². The van der Waals surface area contributed by atoms with Gasteiger partial charge in [0, 0.05) is 41.0 Å². The number of carbonyl (C=O) groups excluding carboxylic acids is 1. The van der Waals surface area contributed by atoms with Gasteiger partial charge in [-0.1, -0.05) is 17.7 Å². The van der Waals surface area contributed by atoms with E-state index in [4.69, 9.17) is 35.8 Å². The van der Waals surface area contributed by atoms with Crippen molar-refractivity contribution in [2.24, 2.45) is 0 Å². The van der Waals surface area contributed by atoms with Crippen molar-refractivity contribution in [1.82, 2.24) is 30.0 Å². The molecule has 0 radical (unpaired) electrons. The normalized spacial score (nSPS) is 23.0. The third kappa shape index (κ3) is 5.61. The summed E-state index contributed by atoms with van der Waals surface area (Å²) in [5.41, 5.74) is 3.91. The first-order valence-electron chi connectivity index (χ1n) is 16.8. The molecule has 1 amide bonds. The third-order valence-electron chi connectivity index (χ3n) is 9.97. The molecule has 5 heterocycles. The number of hydrogen-bond acceptors (Lipinski definition) is 9. The lowest BCUT2D eigenvalue weighted by molar-refractivity contribution is 0.0214. The van der Waals surface area contributed by atoms with Crippen LogP contribution in [0.5, 0.6) is 11.8 Å². The van der Waals surface area contributed by atoms with Crippen molar-refractivity contribution in [3.63, 3.8) is 0 Å². The van der Waals surface area contributed by atoms with Gasteiger partial charge in [0.1, 0.15) is 23.5 Å². The Labute approximate surface area is 279 Å². The van der Waals surface area contributed by atoms with E-state index in [1.165, 1.54) is 0 Å². The van der Waals surface area contributed by atoms with Gasteiger partial charge in [-0.05, 0) is 91.1 Å². The van der Waals surface area contributed by atoms with E-state index < -0.39 is 5.60 Å². The van der Waals surface area contributed by atoms with Crippen LogP contribution >= 0.6 is 11.6 Å². The molecule has 11 nitrogen and oxygen atoms in total. The van der Waals surface area contributed by atoms with Crippen LogP contribution in [0.25, 0.3) is 32.9 Å². The van der Waals surface area contributed by atoms with E-state index >= 15 is 0 Å². The summed E-state index contributed by atoms with van der Waals surface area (Å²) >= 11 is 7.28. The Morgan fingerprint density at radius 3 is 2.62 bits per heavy atom. The van der Waals surface area contributed by atoms with E-state index in [2.05, 4.69) is 40.0 Å². The fourth-order valence-electron chi connectivity index (χ4n) is 7.44. The van der Waals surface area contributed by atoms with Gasteiger partial charge in [-0.2, -0.15) is 15.1 Å². The highest BCUT2D eigenvalue weighted by molar-refractivity contribution is 6.35. The minimum absolute atomic E-state index is 0.0228. The van der Waals surface area contributed by atoms with Crippen molar-refractivity contribution in [2.45, 2.75) is 89.6 Å². The fraction of sp³-hybridized carbons (Fsp3) is 0.543. The number of piperazine rings is 1. The number of H-pyrrole nitrogens is 1. The zero-order valence-corrected chi connectivity index (χ0v) is 28.4. The molecule has 2 aromatic carbocycles. The van der Waals surface area contributed by atoms with E-state index in [1.54, 1.807) is 0 Å². The molecule has 1 saturated carbocycles. The molecule has 8 rings (SSSR count). The summed E-state index contributed by atoms with van der Waals surface area (Å²) in [4.78, 5) is 29.7. The molecule has 2 bridgehead atoms. The van der Waals surface area contributed by atoms with Crippen LogP contribution < -0.4 is 14.4 Å². The number of amides is 1. The Bertz CT molecular complexity index is 1870. The minimum atomic E-state index is -0.549. The summed E-state index contributed by atoms with van der Waals surface area (Å²) in [7, 11) is 2.14. The number of likely N-dealkylation sites (N-methyl/N-ethyl adjacent to an activating group) is 1. The van der Waals surface area contributed by atoms with E-state index in [9.17, 15) is 4.79 Å². The molecule has 3 saturated heterocycles. The molecule has 2 aromatic heterocycles. The average Bonchev–Trinajstić information content (AvgIpc) is 3.38. The van der Waals surface area contributed by atoms with Crippen molar-refractivity contribution in [3.05, 3.63) is 35.0 Å². The monoisotopic (exact) mass is 659 g/mol.